The number of benzene rings is 2. The lowest BCUT2D eigenvalue weighted by molar-refractivity contribution is 0.101. The predicted molar refractivity (Wildman–Crippen MR) is 84.1 cm³/mol. The Kier molecular flexibility index (Phi) is 4.48. The van der Waals surface area contributed by atoms with Gasteiger partial charge in [-0.1, -0.05) is 18.2 Å². The highest BCUT2D eigenvalue weighted by molar-refractivity contribution is 6.03. The Hall–Kier alpha value is -2.49. The van der Waals surface area contributed by atoms with Gasteiger partial charge in [0.15, 0.2) is 5.78 Å². The van der Waals surface area contributed by atoms with Gasteiger partial charge in [0, 0.05) is 7.05 Å². The van der Waals surface area contributed by atoms with Crippen molar-refractivity contribution >= 4 is 17.2 Å². The third-order valence-corrected chi connectivity index (χ3v) is 3.38. The van der Waals surface area contributed by atoms with E-state index in [0.29, 0.717) is 11.3 Å². The van der Waals surface area contributed by atoms with E-state index < -0.39 is 0 Å². The van der Waals surface area contributed by atoms with Crippen LogP contribution in [0, 0.1) is 0 Å². The van der Waals surface area contributed by atoms with Crippen LogP contribution in [-0.4, -0.2) is 27.1 Å². The number of carbonyl (C=O) groups is 1. The minimum atomic E-state index is -0.0378. The highest BCUT2D eigenvalue weighted by Crippen LogP contribution is 2.37. The van der Waals surface area contributed by atoms with Gasteiger partial charge in [0.05, 0.1) is 31.2 Å². The maximum absolute atomic E-state index is 12.0. The molecule has 0 radical (unpaired) electrons. The fraction of sp³-hybridized carbons (Fsp3) is 0.235. The molecule has 0 fully saturated rings. The van der Waals surface area contributed by atoms with Gasteiger partial charge in [-0.3, -0.25) is 4.79 Å². The Labute approximate surface area is 124 Å². The van der Waals surface area contributed by atoms with Crippen molar-refractivity contribution in [3.63, 3.8) is 0 Å². The van der Waals surface area contributed by atoms with Crippen LogP contribution < -0.4 is 14.4 Å². The molecule has 0 aromatic heterocycles. The Bertz CT molecular complexity index is 652. The first kappa shape index (κ1) is 14.9. The molecule has 21 heavy (non-hydrogen) atoms. The molecule has 0 heterocycles. The molecular formula is C17H19NO3. The summed E-state index contributed by atoms with van der Waals surface area (Å²) in [6.45, 7) is 1.54. The molecule has 0 N–H and O–H groups in total. The van der Waals surface area contributed by atoms with Crippen LogP contribution >= 0.6 is 0 Å². The first-order chi connectivity index (χ1) is 10.1. The minimum absolute atomic E-state index is 0.0378. The summed E-state index contributed by atoms with van der Waals surface area (Å²) in [5.41, 5.74) is 2.23. The minimum Gasteiger partial charge on any atom is -0.496 e. The van der Waals surface area contributed by atoms with Gasteiger partial charge in [-0.25, -0.2) is 0 Å². The maximum Gasteiger partial charge on any atom is 0.165 e. The van der Waals surface area contributed by atoms with Gasteiger partial charge in [0.2, 0.25) is 0 Å². The van der Waals surface area contributed by atoms with E-state index in [9.17, 15) is 4.79 Å². The van der Waals surface area contributed by atoms with Crippen molar-refractivity contribution in [2.45, 2.75) is 6.92 Å². The second kappa shape index (κ2) is 6.31. The molecule has 0 atom stereocenters. The summed E-state index contributed by atoms with van der Waals surface area (Å²) in [6, 6.07) is 13.2. The topological polar surface area (TPSA) is 38.8 Å². The van der Waals surface area contributed by atoms with E-state index in [1.54, 1.807) is 20.3 Å². The average molecular weight is 285 g/mol. The van der Waals surface area contributed by atoms with Crippen LogP contribution in [-0.2, 0) is 0 Å². The van der Waals surface area contributed by atoms with Crippen LogP contribution in [0.2, 0.25) is 0 Å². The van der Waals surface area contributed by atoms with Gasteiger partial charge < -0.3 is 14.4 Å². The van der Waals surface area contributed by atoms with Gasteiger partial charge in [0.1, 0.15) is 11.5 Å². The number of hydrogen-bond donors (Lipinski definition) is 0. The van der Waals surface area contributed by atoms with Crippen molar-refractivity contribution < 1.29 is 14.3 Å². The number of carbonyl (C=O) groups excluding carboxylic acids is 1. The highest BCUT2D eigenvalue weighted by Gasteiger charge is 2.19. The molecule has 0 unspecified atom stereocenters. The summed E-state index contributed by atoms with van der Waals surface area (Å²) in [6.07, 6.45) is 0. The van der Waals surface area contributed by atoms with E-state index in [1.807, 2.05) is 48.3 Å². The van der Waals surface area contributed by atoms with Crippen molar-refractivity contribution in [3.8, 4) is 11.5 Å². The number of para-hydroxylation sites is 2. The van der Waals surface area contributed by atoms with Gasteiger partial charge in [-0.05, 0) is 31.2 Å². The van der Waals surface area contributed by atoms with Gasteiger partial charge in [-0.2, -0.15) is 0 Å². The molecule has 2 aromatic rings. The second-order valence-corrected chi connectivity index (χ2v) is 4.64. The van der Waals surface area contributed by atoms with Gasteiger partial charge in [0.25, 0.3) is 0 Å². The first-order valence-electron chi connectivity index (χ1n) is 6.64. The number of hydrogen-bond acceptors (Lipinski definition) is 4. The summed E-state index contributed by atoms with van der Waals surface area (Å²) in [4.78, 5) is 13.9. The summed E-state index contributed by atoms with van der Waals surface area (Å²) >= 11 is 0. The largest absolute Gasteiger partial charge is 0.496 e. The molecule has 0 aliphatic carbocycles. The van der Waals surface area contributed by atoms with Crippen LogP contribution in [0.3, 0.4) is 0 Å². The van der Waals surface area contributed by atoms with E-state index in [2.05, 4.69) is 0 Å². The molecule has 0 spiro atoms. The summed E-state index contributed by atoms with van der Waals surface area (Å²) in [5, 5.41) is 0. The Balaban J connectivity index is 2.58. The van der Waals surface area contributed by atoms with Crippen LogP contribution in [0.25, 0.3) is 0 Å². The quantitative estimate of drug-likeness (QED) is 0.786. The summed E-state index contributed by atoms with van der Waals surface area (Å²) in [5.74, 6) is 1.28. The van der Waals surface area contributed by atoms with Crippen molar-refractivity contribution in [3.05, 3.63) is 48.0 Å². The molecule has 4 nitrogen and oxygen atoms in total. The van der Waals surface area contributed by atoms with Crippen LogP contribution in [0.15, 0.2) is 42.5 Å². The third kappa shape index (κ3) is 2.84. The van der Waals surface area contributed by atoms with E-state index in [-0.39, 0.29) is 5.78 Å². The summed E-state index contributed by atoms with van der Waals surface area (Å²) in [7, 11) is 5.10. The van der Waals surface area contributed by atoms with Gasteiger partial charge >= 0.3 is 0 Å². The first-order valence-corrected chi connectivity index (χ1v) is 6.64. The molecule has 110 valence electrons. The van der Waals surface area contributed by atoms with Crippen molar-refractivity contribution in [2.24, 2.45) is 0 Å². The standard InChI is InChI=1S/C17H19NO3/c1-12(19)17-14(9-7-11-16(17)21-4)18(2)13-8-5-6-10-15(13)20-3/h5-11H,1-4H3. The summed E-state index contributed by atoms with van der Waals surface area (Å²) < 4.78 is 10.7. The Morgan fingerprint density at radius 2 is 1.48 bits per heavy atom. The van der Waals surface area contributed by atoms with Crippen molar-refractivity contribution in [1.29, 1.82) is 0 Å². The molecule has 2 aromatic carbocycles. The van der Waals surface area contributed by atoms with Crippen molar-refractivity contribution in [1.82, 2.24) is 0 Å². The third-order valence-electron chi connectivity index (χ3n) is 3.38. The van der Waals surface area contributed by atoms with Gasteiger partial charge in [-0.15, -0.1) is 0 Å². The number of rotatable bonds is 5. The average Bonchev–Trinajstić information content (AvgIpc) is 2.53. The number of ether oxygens (including phenoxy) is 2. The zero-order valence-corrected chi connectivity index (χ0v) is 12.7. The number of ketones is 1. The van der Waals surface area contributed by atoms with E-state index in [1.165, 1.54) is 6.92 Å². The van der Waals surface area contributed by atoms with E-state index in [4.69, 9.17) is 9.47 Å². The molecule has 0 saturated heterocycles. The van der Waals surface area contributed by atoms with Crippen molar-refractivity contribution in [2.75, 3.05) is 26.2 Å². The molecule has 4 heteroatoms. The maximum atomic E-state index is 12.0. The number of nitrogens with zero attached hydrogens (tertiary/aromatic N) is 1. The Morgan fingerprint density at radius 3 is 2.10 bits per heavy atom. The molecular weight excluding hydrogens is 266 g/mol. The normalized spacial score (nSPS) is 10.1. The number of methoxy groups -OCH3 is 2. The predicted octanol–water partition coefficient (Wildman–Crippen LogP) is 3.67. The monoisotopic (exact) mass is 285 g/mol. The smallest absolute Gasteiger partial charge is 0.165 e. The van der Waals surface area contributed by atoms with Crippen LogP contribution in [0.1, 0.15) is 17.3 Å². The van der Waals surface area contributed by atoms with Crippen LogP contribution in [0.5, 0.6) is 11.5 Å². The highest BCUT2D eigenvalue weighted by atomic mass is 16.5. The number of Topliss-reactive ketones (excluding diaryl/α,β-unsaturated/α-hetero) is 1. The fourth-order valence-electron chi connectivity index (χ4n) is 2.36. The molecule has 0 amide bonds. The molecule has 0 saturated carbocycles. The number of anilines is 2. The molecule has 0 bridgehead atoms. The SMILES string of the molecule is COc1ccccc1N(C)c1cccc(OC)c1C(C)=O. The van der Waals surface area contributed by atoms with Crippen LogP contribution in [0.4, 0.5) is 11.4 Å². The lowest BCUT2D eigenvalue weighted by Gasteiger charge is -2.24. The Morgan fingerprint density at radius 1 is 0.905 bits per heavy atom. The lowest BCUT2D eigenvalue weighted by atomic mass is 10.1. The molecule has 2 rings (SSSR count). The van der Waals surface area contributed by atoms with E-state index >= 15 is 0 Å². The fourth-order valence-corrected chi connectivity index (χ4v) is 2.36. The van der Waals surface area contributed by atoms with E-state index in [0.717, 1.165) is 17.1 Å². The molecule has 0 aliphatic heterocycles. The second-order valence-electron chi connectivity index (χ2n) is 4.64. The lowest BCUT2D eigenvalue weighted by Crippen LogP contribution is -2.15. The zero-order valence-electron chi connectivity index (χ0n) is 12.7. The molecule has 0 aliphatic rings. The zero-order chi connectivity index (χ0) is 15.4.